The molecule has 0 atom stereocenters. The molecule has 0 aliphatic heterocycles. The lowest BCUT2D eigenvalue weighted by Gasteiger charge is -2.15. The maximum Gasteiger partial charge on any atom is 0.179 e. The fraction of sp³-hybridized carbons (Fsp3) is 0.368. The van der Waals surface area contributed by atoms with E-state index in [9.17, 15) is 5.26 Å². The number of aromatic nitrogens is 1. The molecule has 6 heteroatoms. The molecule has 0 fully saturated rings. The topological polar surface area (TPSA) is 55.1 Å². The van der Waals surface area contributed by atoms with Crippen molar-refractivity contribution < 1.29 is 9.47 Å². The molecule has 0 saturated heterocycles. The molecule has 2 rings (SSSR count). The molecule has 1 aromatic carbocycles. The first-order valence-electron chi connectivity index (χ1n) is 8.08. The van der Waals surface area contributed by atoms with Crippen LogP contribution in [0, 0.1) is 24.2 Å². The van der Waals surface area contributed by atoms with Crippen LogP contribution in [0.25, 0.3) is 11.6 Å². The number of halogens is 1. The summed E-state index contributed by atoms with van der Waals surface area (Å²) < 4.78 is 11.5. The molecule has 132 valence electrons. The summed E-state index contributed by atoms with van der Waals surface area (Å²) in [6.45, 7) is 9.00. The van der Waals surface area contributed by atoms with E-state index >= 15 is 0 Å². The standard InChI is InChI=1S/C19H21ClN2O2S/c1-5-23-17-8-14(7-16(20)18(17)24-10-12(2)3)6-15(9-21)19-22-13(4)11-25-19/h6-8,11-12H,5,10H2,1-4H3/b15-6-. The Morgan fingerprint density at radius 1 is 1.40 bits per heavy atom. The van der Waals surface area contributed by atoms with E-state index in [-0.39, 0.29) is 0 Å². The predicted octanol–water partition coefficient (Wildman–Crippen LogP) is 5.60. The highest BCUT2D eigenvalue weighted by Gasteiger charge is 2.14. The van der Waals surface area contributed by atoms with Crippen molar-refractivity contribution >= 4 is 34.6 Å². The second kappa shape index (κ2) is 8.89. The number of hydrogen-bond acceptors (Lipinski definition) is 5. The first-order valence-corrected chi connectivity index (χ1v) is 9.33. The average Bonchev–Trinajstić information content (AvgIpc) is 2.98. The summed E-state index contributed by atoms with van der Waals surface area (Å²) in [6.07, 6.45) is 1.76. The van der Waals surface area contributed by atoms with Crippen LogP contribution in [0.2, 0.25) is 5.02 Å². The number of nitriles is 1. The number of hydrogen-bond donors (Lipinski definition) is 0. The molecule has 0 saturated carbocycles. The van der Waals surface area contributed by atoms with Gasteiger partial charge < -0.3 is 9.47 Å². The van der Waals surface area contributed by atoms with Crippen LogP contribution in [-0.2, 0) is 0 Å². The first kappa shape index (κ1) is 19.3. The predicted molar refractivity (Wildman–Crippen MR) is 103 cm³/mol. The van der Waals surface area contributed by atoms with E-state index in [2.05, 4.69) is 24.9 Å². The third-order valence-corrected chi connectivity index (χ3v) is 4.45. The molecular weight excluding hydrogens is 356 g/mol. The lowest BCUT2D eigenvalue weighted by atomic mass is 10.1. The summed E-state index contributed by atoms with van der Waals surface area (Å²) in [5, 5.41) is 12.5. The summed E-state index contributed by atoms with van der Waals surface area (Å²) in [6, 6.07) is 5.81. The Hall–Kier alpha value is -2.03. The first-order chi connectivity index (χ1) is 11.9. The molecule has 0 aliphatic carbocycles. The largest absolute Gasteiger partial charge is 0.490 e. The summed E-state index contributed by atoms with van der Waals surface area (Å²) in [5.41, 5.74) is 2.16. The minimum Gasteiger partial charge on any atom is -0.490 e. The number of nitrogens with zero attached hydrogens (tertiary/aromatic N) is 2. The second-order valence-electron chi connectivity index (χ2n) is 5.93. The van der Waals surface area contributed by atoms with Gasteiger partial charge in [0.15, 0.2) is 11.5 Å². The fourth-order valence-electron chi connectivity index (χ4n) is 2.11. The summed E-state index contributed by atoms with van der Waals surface area (Å²) in [5.74, 6) is 1.50. The van der Waals surface area contributed by atoms with Gasteiger partial charge in [0.2, 0.25) is 0 Å². The van der Waals surface area contributed by atoms with Crippen molar-refractivity contribution in [3.05, 3.63) is 38.8 Å². The van der Waals surface area contributed by atoms with Crippen LogP contribution < -0.4 is 9.47 Å². The molecule has 4 nitrogen and oxygen atoms in total. The van der Waals surface area contributed by atoms with Crippen molar-refractivity contribution in [2.45, 2.75) is 27.7 Å². The van der Waals surface area contributed by atoms with Gasteiger partial charge in [-0.2, -0.15) is 5.26 Å². The number of ether oxygens (including phenoxy) is 2. The van der Waals surface area contributed by atoms with Gasteiger partial charge in [-0.25, -0.2) is 4.98 Å². The van der Waals surface area contributed by atoms with Crippen LogP contribution in [0.3, 0.4) is 0 Å². The molecular formula is C19H21ClN2O2S. The van der Waals surface area contributed by atoms with E-state index in [0.29, 0.717) is 46.2 Å². The minimum absolute atomic E-state index is 0.378. The van der Waals surface area contributed by atoms with E-state index in [0.717, 1.165) is 11.3 Å². The lowest BCUT2D eigenvalue weighted by Crippen LogP contribution is -2.06. The molecule has 0 amide bonds. The smallest absolute Gasteiger partial charge is 0.179 e. The molecule has 25 heavy (non-hydrogen) atoms. The zero-order valence-corrected chi connectivity index (χ0v) is 16.4. The quantitative estimate of drug-likeness (QED) is 0.590. The minimum atomic E-state index is 0.378. The van der Waals surface area contributed by atoms with Gasteiger partial charge in [0.1, 0.15) is 11.1 Å². The normalized spacial score (nSPS) is 11.5. The number of thiazole rings is 1. The monoisotopic (exact) mass is 376 g/mol. The Bertz CT molecular complexity index is 806. The zero-order chi connectivity index (χ0) is 18.4. The molecule has 1 aromatic heterocycles. The van der Waals surface area contributed by atoms with Gasteiger partial charge in [0.05, 0.1) is 23.8 Å². The summed E-state index contributed by atoms with van der Waals surface area (Å²) in [4.78, 5) is 4.36. The maximum absolute atomic E-state index is 9.45. The Balaban J connectivity index is 2.41. The van der Waals surface area contributed by atoms with Crippen LogP contribution in [-0.4, -0.2) is 18.2 Å². The molecule has 0 unspecified atom stereocenters. The number of benzene rings is 1. The number of allylic oxidation sites excluding steroid dienone is 1. The second-order valence-corrected chi connectivity index (χ2v) is 7.20. The summed E-state index contributed by atoms with van der Waals surface area (Å²) in [7, 11) is 0. The molecule has 1 heterocycles. The Labute approximate surface area is 157 Å². The maximum atomic E-state index is 9.45. The van der Waals surface area contributed by atoms with Crippen LogP contribution in [0.5, 0.6) is 11.5 Å². The van der Waals surface area contributed by atoms with E-state index in [1.165, 1.54) is 11.3 Å². The molecule has 0 spiro atoms. The van der Waals surface area contributed by atoms with E-state index in [1.807, 2.05) is 25.3 Å². The fourth-order valence-corrected chi connectivity index (χ4v) is 3.15. The molecule has 2 aromatic rings. The Morgan fingerprint density at radius 2 is 2.16 bits per heavy atom. The van der Waals surface area contributed by atoms with E-state index in [4.69, 9.17) is 21.1 Å². The van der Waals surface area contributed by atoms with Gasteiger partial charge in [0, 0.05) is 11.1 Å². The van der Waals surface area contributed by atoms with Crippen LogP contribution in [0.4, 0.5) is 0 Å². The molecule has 0 radical (unpaired) electrons. The molecule has 0 aliphatic rings. The number of aryl methyl sites for hydroxylation is 1. The zero-order valence-electron chi connectivity index (χ0n) is 14.8. The van der Waals surface area contributed by atoms with Gasteiger partial charge in [-0.15, -0.1) is 11.3 Å². The third-order valence-electron chi connectivity index (χ3n) is 3.17. The SMILES string of the molecule is CCOc1cc(/C=C(/C#N)c2nc(C)cs2)cc(Cl)c1OCC(C)C. The Morgan fingerprint density at radius 3 is 2.72 bits per heavy atom. The van der Waals surface area contributed by atoms with E-state index in [1.54, 1.807) is 12.1 Å². The highest BCUT2D eigenvalue weighted by Crippen LogP contribution is 2.38. The number of rotatable bonds is 7. The van der Waals surface area contributed by atoms with Crippen molar-refractivity contribution in [1.82, 2.24) is 4.98 Å². The average molecular weight is 377 g/mol. The van der Waals surface area contributed by atoms with Crippen molar-refractivity contribution in [3.63, 3.8) is 0 Å². The highest BCUT2D eigenvalue weighted by atomic mass is 35.5. The van der Waals surface area contributed by atoms with Gasteiger partial charge in [-0.3, -0.25) is 0 Å². The van der Waals surface area contributed by atoms with Crippen LogP contribution >= 0.6 is 22.9 Å². The Kier molecular flexibility index (Phi) is 6.86. The van der Waals surface area contributed by atoms with Gasteiger partial charge in [-0.05, 0) is 43.5 Å². The van der Waals surface area contributed by atoms with E-state index < -0.39 is 0 Å². The van der Waals surface area contributed by atoms with Gasteiger partial charge >= 0.3 is 0 Å². The lowest BCUT2D eigenvalue weighted by molar-refractivity contribution is 0.248. The highest BCUT2D eigenvalue weighted by molar-refractivity contribution is 7.11. The van der Waals surface area contributed by atoms with Crippen molar-refractivity contribution in [2.75, 3.05) is 13.2 Å². The molecule has 0 N–H and O–H groups in total. The van der Waals surface area contributed by atoms with Gasteiger partial charge in [-0.1, -0.05) is 25.4 Å². The summed E-state index contributed by atoms with van der Waals surface area (Å²) >= 11 is 7.84. The van der Waals surface area contributed by atoms with Crippen molar-refractivity contribution in [1.29, 1.82) is 5.26 Å². The van der Waals surface area contributed by atoms with Crippen molar-refractivity contribution in [2.24, 2.45) is 5.92 Å². The molecule has 0 bridgehead atoms. The van der Waals surface area contributed by atoms with Gasteiger partial charge in [0.25, 0.3) is 0 Å². The third kappa shape index (κ3) is 5.22. The van der Waals surface area contributed by atoms with Crippen LogP contribution in [0.15, 0.2) is 17.5 Å². The van der Waals surface area contributed by atoms with Crippen molar-refractivity contribution in [3.8, 4) is 17.6 Å². The van der Waals surface area contributed by atoms with Crippen LogP contribution in [0.1, 0.15) is 37.0 Å².